The highest BCUT2D eigenvalue weighted by atomic mass is 16.5. The second-order valence-electron chi connectivity index (χ2n) is 11.5. The van der Waals surface area contributed by atoms with E-state index < -0.39 is 30.0 Å². The zero-order chi connectivity index (χ0) is 26.7. The summed E-state index contributed by atoms with van der Waals surface area (Å²) in [5.74, 6) is 0. The molecule has 4 N–H and O–H groups in total. The Labute approximate surface area is 222 Å². The molecule has 0 unspecified atom stereocenters. The Hall–Kier alpha value is -0.460. The molecule has 0 aromatic rings. The molecule has 36 heavy (non-hydrogen) atoms. The van der Waals surface area contributed by atoms with E-state index in [2.05, 4.69) is 13.5 Å². The maximum absolute atomic E-state index is 11.1. The van der Waals surface area contributed by atoms with Gasteiger partial charge in [0.15, 0.2) is 0 Å². The minimum atomic E-state index is -0.638. The fourth-order valence-electron chi connectivity index (χ4n) is 5.61. The molecule has 0 bridgehead atoms. The molecule has 5 nitrogen and oxygen atoms in total. The van der Waals surface area contributed by atoms with E-state index in [-0.39, 0.29) is 6.10 Å². The molecular formula is C31H60O5. The van der Waals surface area contributed by atoms with Crippen molar-refractivity contribution in [2.45, 2.75) is 185 Å². The number of hydrogen-bond acceptors (Lipinski definition) is 5. The standard InChI is InChI=1S/C31H60O5/c1-4-6-8-9-11-15-18-22-28(34)29-25-30(35)31(36-29,23-19-7-5-2)24-20-16-13-10-12-14-17-21-27(33)26(3)32/h4,26-30,32-35H,1,5-25H2,2-3H3/t26-,27-,28+,29+,30-,31+/m0/s1. The normalized spacial score (nSPS) is 24.6. The first-order chi connectivity index (χ1) is 17.4. The second kappa shape index (κ2) is 20.5. The minimum absolute atomic E-state index is 0.237. The topological polar surface area (TPSA) is 90.2 Å². The van der Waals surface area contributed by atoms with Gasteiger partial charge in [0, 0.05) is 6.42 Å². The molecule has 1 rings (SSSR count). The number of rotatable bonds is 24. The van der Waals surface area contributed by atoms with Gasteiger partial charge in [-0.1, -0.05) is 103 Å². The first-order valence-corrected chi connectivity index (χ1v) is 15.4. The Kier molecular flexibility index (Phi) is 19.1. The third kappa shape index (κ3) is 13.9. The summed E-state index contributed by atoms with van der Waals surface area (Å²) < 4.78 is 6.53. The first kappa shape index (κ1) is 33.6. The van der Waals surface area contributed by atoms with E-state index in [9.17, 15) is 20.4 Å². The lowest BCUT2D eigenvalue weighted by Crippen LogP contribution is -2.40. The fraction of sp³-hybridized carbons (Fsp3) is 0.935. The largest absolute Gasteiger partial charge is 0.391 e. The van der Waals surface area contributed by atoms with E-state index >= 15 is 0 Å². The summed E-state index contributed by atoms with van der Waals surface area (Å²) >= 11 is 0. The molecule has 1 saturated heterocycles. The van der Waals surface area contributed by atoms with Crippen LogP contribution in [0.1, 0.15) is 149 Å². The Balaban J connectivity index is 2.35. The molecule has 1 aliphatic heterocycles. The highest BCUT2D eigenvalue weighted by Gasteiger charge is 2.48. The molecule has 1 aliphatic rings. The van der Waals surface area contributed by atoms with Crippen molar-refractivity contribution in [3.8, 4) is 0 Å². The van der Waals surface area contributed by atoms with Gasteiger partial charge in [-0.2, -0.15) is 0 Å². The zero-order valence-corrected chi connectivity index (χ0v) is 23.7. The molecule has 6 atom stereocenters. The van der Waals surface area contributed by atoms with Crippen LogP contribution in [0.5, 0.6) is 0 Å². The number of unbranched alkanes of at least 4 members (excludes halogenated alkanes) is 13. The van der Waals surface area contributed by atoms with Crippen molar-refractivity contribution in [2.75, 3.05) is 0 Å². The maximum atomic E-state index is 11.1. The summed E-state index contributed by atoms with van der Waals surface area (Å²) in [7, 11) is 0. The van der Waals surface area contributed by atoms with Crippen molar-refractivity contribution in [2.24, 2.45) is 0 Å². The van der Waals surface area contributed by atoms with Gasteiger partial charge in [0.05, 0.1) is 36.1 Å². The predicted molar refractivity (Wildman–Crippen MR) is 150 cm³/mol. The second-order valence-corrected chi connectivity index (χ2v) is 11.5. The molecule has 0 amide bonds. The van der Waals surface area contributed by atoms with Crippen molar-refractivity contribution in [3.05, 3.63) is 12.7 Å². The van der Waals surface area contributed by atoms with Gasteiger partial charge in [-0.25, -0.2) is 0 Å². The lowest BCUT2D eigenvalue weighted by Gasteiger charge is -2.33. The van der Waals surface area contributed by atoms with Crippen LogP contribution < -0.4 is 0 Å². The highest BCUT2D eigenvalue weighted by molar-refractivity contribution is 4.98. The molecule has 1 heterocycles. The molecule has 5 heteroatoms. The average molecular weight is 513 g/mol. The third-order valence-electron chi connectivity index (χ3n) is 8.15. The molecular weight excluding hydrogens is 452 g/mol. The van der Waals surface area contributed by atoms with Crippen LogP contribution in [0.2, 0.25) is 0 Å². The van der Waals surface area contributed by atoms with Gasteiger partial charge in [0.2, 0.25) is 0 Å². The van der Waals surface area contributed by atoms with Crippen molar-refractivity contribution in [3.63, 3.8) is 0 Å². The highest BCUT2D eigenvalue weighted by Crippen LogP contribution is 2.41. The van der Waals surface area contributed by atoms with Gasteiger partial charge in [0.1, 0.15) is 0 Å². The summed E-state index contributed by atoms with van der Waals surface area (Å²) in [6, 6.07) is 0. The number of hydrogen-bond donors (Lipinski definition) is 4. The van der Waals surface area contributed by atoms with E-state index in [0.717, 1.165) is 89.9 Å². The maximum Gasteiger partial charge on any atom is 0.0946 e. The van der Waals surface area contributed by atoms with Gasteiger partial charge < -0.3 is 25.2 Å². The summed E-state index contributed by atoms with van der Waals surface area (Å²) in [6.07, 6.45) is 21.4. The predicted octanol–water partition coefficient (Wildman–Crippen LogP) is 6.99. The molecule has 0 aromatic heterocycles. The molecule has 0 aliphatic carbocycles. The van der Waals surface area contributed by atoms with Crippen molar-refractivity contribution >= 4 is 0 Å². The Morgan fingerprint density at radius 3 is 1.92 bits per heavy atom. The Bertz CT molecular complexity index is 525. The van der Waals surface area contributed by atoms with Crippen LogP contribution in [0.25, 0.3) is 0 Å². The summed E-state index contributed by atoms with van der Waals surface area (Å²) in [4.78, 5) is 0. The monoisotopic (exact) mass is 512 g/mol. The van der Waals surface area contributed by atoms with Crippen LogP contribution in [0.15, 0.2) is 12.7 Å². The zero-order valence-electron chi connectivity index (χ0n) is 23.7. The van der Waals surface area contributed by atoms with Gasteiger partial charge in [-0.15, -0.1) is 6.58 Å². The lowest BCUT2D eigenvalue weighted by atomic mass is 9.85. The van der Waals surface area contributed by atoms with Gasteiger partial charge >= 0.3 is 0 Å². The Morgan fingerprint density at radius 1 is 0.806 bits per heavy atom. The third-order valence-corrected chi connectivity index (χ3v) is 8.15. The van der Waals surface area contributed by atoms with Crippen LogP contribution in [-0.2, 0) is 4.74 Å². The molecule has 0 spiro atoms. The molecule has 0 aromatic carbocycles. The van der Waals surface area contributed by atoms with E-state index in [4.69, 9.17) is 4.74 Å². The van der Waals surface area contributed by atoms with Crippen molar-refractivity contribution in [1.29, 1.82) is 0 Å². The number of aliphatic hydroxyl groups excluding tert-OH is 4. The SMILES string of the molecule is C=CCCCCCCC[C@@H](O)[C@H]1C[C@H](O)[C@@](CCCCC)(CCCCCCCCC[C@H](O)[C@H](C)O)O1. The number of ether oxygens (including phenoxy) is 1. The summed E-state index contributed by atoms with van der Waals surface area (Å²) in [5, 5.41) is 40.9. The smallest absolute Gasteiger partial charge is 0.0946 e. The van der Waals surface area contributed by atoms with Crippen LogP contribution >= 0.6 is 0 Å². The first-order valence-electron chi connectivity index (χ1n) is 15.4. The van der Waals surface area contributed by atoms with Gasteiger partial charge in [0.25, 0.3) is 0 Å². The fourth-order valence-corrected chi connectivity index (χ4v) is 5.61. The average Bonchev–Trinajstić information content (AvgIpc) is 3.18. The molecule has 0 saturated carbocycles. The van der Waals surface area contributed by atoms with Crippen molar-refractivity contribution in [1.82, 2.24) is 0 Å². The van der Waals surface area contributed by atoms with Crippen LogP contribution in [0, 0.1) is 0 Å². The van der Waals surface area contributed by atoms with E-state index in [0.29, 0.717) is 12.8 Å². The van der Waals surface area contributed by atoms with E-state index in [1.54, 1.807) is 6.92 Å². The summed E-state index contributed by atoms with van der Waals surface area (Å²) in [5.41, 5.74) is -0.484. The summed E-state index contributed by atoms with van der Waals surface area (Å²) in [6.45, 7) is 7.62. The molecule has 214 valence electrons. The van der Waals surface area contributed by atoms with Crippen molar-refractivity contribution < 1.29 is 25.2 Å². The van der Waals surface area contributed by atoms with Gasteiger partial charge in [-0.3, -0.25) is 0 Å². The van der Waals surface area contributed by atoms with E-state index in [1.807, 2.05) is 6.08 Å². The van der Waals surface area contributed by atoms with E-state index in [1.165, 1.54) is 32.1 Å². The van der Waals surface area contributed by atoms with Crippen LogP contribution in [0.3, 0.4) is 0 Å². The molecule has 1 fully saturated rings. The van der Waals surface area contributed by atoms with Crippen LogP contribution in [-0.4, -0.2) is 56.5 Å². The van der Waals surface area contributed by atoms with Crippen LogP contribution in [0.4, 0.5) is 0 Å². The minimum Gasteiger partial charge on any atom is -0.391 e. The number of allylic oxidation sites excluding steroid dienone is 1. The lowest BCUT2D eigenvalue weighted by molar-refractivity contribution is -0.121. The number of aliphatic hydroxyl groups is 4. The Morgan fingerprint density at radius 2 is 1.33 bits per heavy atom. The molecule has 0 radical (unpaired) electrons. The van der Waals surface area contributed by atoms with Gasteiger partial charge in [-0.05, 0) is 45.4 Å². The quantitative estimate of drug-likeness (QED) is 0.0827.